The summed E-state index contributed by atoms with van der Waals surface area (Å²) in [7, 11) is 0. The smallest absolute Gasteiger partial charge is 0.320 e. The van der Waals surface area contributed by atoms with Crippen molar-refractivity contribution in [2.45, 2.75) is 25.3 Å². The van der Waals surface area contributed by atoms with E-state index in [0.717, 1.165) is 12.8 Å². The number of hydrogen-bond acceptors (Lipinski definition) is 3. The van der Waals surface area contributed by atoms with Crippen LogP contribution in [0.5, 0.6) is 0 Å². The number of carboxylic acid groups (broad SMARTS) is 1. The summed E-state index contributed by atoms with van der Waals surface area (Å²) in [6.07, 6.45) is 2.16. The van der Waals surface area contributed by atoms with Crippen LogP contribution < -0.4 is 11.5 Å². The van der Waals surface area contributed by atoms with Crippen LogP contribution in [0.2, 0.25) is 0 Å². The Hall–Kier alpha value is 0.479. The molecule has 4 radical (unpaired) electrons. The maximum Gasteiger partial charge on any atom is 0.320 e. The zero-order valence-electron chi connectivity index (χ0n) is 6.82. The van der Waals surface area contributed by atoms with E-state index in [-0.39, 0.29) is 36.3 Å². The molecule has 0 rings (SSSR count). The van der Waals surface area contributed by atoms with E-state index in [2.05, 4.69) is 0 Å². The van der Waals surface area contributed by atoms with Crippen molar-refractivity contribution in [1.29, 1.82) is 0 Å². The molecule has 0 aliphatic heterocycles. The molecule has 0 aromatic heterocycles. The molecule has 0 aromatic carbocycles. The number of rotatable bonds is 5. The molecule has 0 aliphatic carbocycles. The van der Waals surface area contributed by atoms with E-state index in [0.29, 0.717) is 13.0 Å². The van der Waals surface area contributed by atoms with Gasteiger partial charge in [-0.05, 0) is 19.4 Å². The average molecular weight is 301 g/mol. The van der Waals surface area contributed by atoms with Gasteiger partial charge in [-0.25, -0.2) is 0 Å². The second-order valence-electron chi connectivity index (χ2n) is 2.23. The second kappa shape index (κ2) is 11.5. The molecule has 0 amide bonds. The fraction of sp³-hybridized carbons (Fsp3) is 0.833. The van der Waals surface area contributed by atoms with E-state index >= 15 is 0 Å². The van der Waals surface area contributed by atoms with Gasteiger partial charge < -0.3 is 16.6 Å². The molecule has 0 fully saturated rings. The molecular weight excluding hydrogens is 286 g/mol. The number of carboxylic acids is 1. The minimum absolute atomic E-state index is 0. The van der Waals surface area contributed by atoms with Crippen LogP contribution in [0.4, 0.5) is 0 Å². The van der Waals surface area contributed by atoms with E-state index < -0.39 is 12.0 Å². The van der Waals surface area contributed by atoms with Crippen molar-refractivity contribution in [3.63, 3.8) is 0 Å². The van der Waals surface area contributed by atoms with E-state index in [4.69, 9.17) is 16.6 Å². The molecular formula is C6H15ClN2O2Sn. The first-order valence-electron chi connectivity index (χ1n) is 3.37. The molecule has 0 saturated heterocycles. The number of unbranched alkanes of at least 4 members (excludes halogenated alkanes) is 1. The zero-order chi connectivity index (χ0) is 7.98. The Balaban J connectivity index is -0.000000405. The molecule has 0 heterocycles. The van der Waals surface area contributed by atoms with E-state index in [9.17, 15) is 4.79 Å². The fourth-order valence-electron chi connectivity index (χ4n) is 0.632. The van der Waals surface area contributed by atoms with E-state index in [1.807, 2.05) is 0 Å². The molecule has 0 saturated carbocycles. The summed E-state index contributed by atoms with van der Waals surface area (Å²) in [6, 6.07) is -0.716. The molecule has 4 nitrogen and oxygen atoms in total. The molecule has 12 heavy (non-hydrogen) atoms. The summed E-state index contributed by atoms with van der Waals surface area (Å²) in [5.74, 6) is -0.933. The van der Waals surface area contributed by atoms with Gasteiger partial charge >= 0.3 is 5.97 Å². The van der Waals surface area contributed by atoms with Crippen LogP contribution in [0.1, 0.15) is 19.3 Å². The number of nitrogens with two attached hydrogens (primary N) is 2. The third kappa shape index (κ3) is 10.5. The van der Waals surface area contributed by atoms with Crippen LogP contribution in [0.3, 0.4) is 0 Å². The number of hydrogen-bond donors (Lipinski definition) is 3. The molecule has 0 aromatic rings. The van der Waals surface area contributed by atoms with Gasteiger partial charge in [-0.3, -0.25) is 4.79 Å². The van der Waals surface area contributed by atoms with Crippen LogP contribution in [-0.4, -0.2) is 47.6 Å². The molecule has 5 N–H and O–H groups in total. The molecule has 0 aliphatic rings. The minimum Gasteiger partial charge on any atom is -0.480 e. The first kappa shape index (κ1) is 18.3. The molecule has 0 spiro atoms. The predicted octanol–water partition coefficient (Wildman–Crippen LogP) is -0.432. The number of carbonyl (C=O) groups is 1. The summed E-state index contributed by atoms with van der Waals surface area (Å²) in [5.41, 5.74) is 10.4. The summed E-state index contributed by atoms with van der Waals surface area (Å²) in [5, 5.41) is 8.33. The van der Waals surface area contributed by atoms with Gasteiger partial charge in [0.1, 0.15) is 6.04 Å². The maximum atomic E-state index is 10.1. The van der Waals surface area contributed by atoms with Gasteiger partial charge in [-0.2, -0.15) is 0 Å². The van der Waals surface area contributed by atoms with Crippen molar-refractivity contribution < 1.29 is 9.90 Å². The first-order valence-corrected chi connectivity index (χ1v) is 3.37. The Morgan fingerprint density at radius 2 is 1.92 bits per heavy atom. The van der Waals surface area contributed by atoms with Crippen LogP contribution in [0.15, 0.2) is 0 Å². The van der Waals surface area contributed by atoms with Crippen molar-refractivity contribution in [1.82, 2.24) is 0 Å². The van der Waals surface area contributed by atoms with Gasteiger partial charge in [0.05, 0.1) is 0 Å². The van der Waals surface area contributed by atoms with Crippen molar-refractivity contribution in [2.24, 2.45) is 11.5 Å². The molecule has 6 heteroatoms. The fourth-order valence-corrected chi connectivity index (χ4v) is 0.632. The molecule has 0 bridgehead atoms. The van der Waals surface area contributed by atoms with Crippen molar-refractivity contribution in [2.75, 3.05) is 6.54 Å². The van der Waals surface area contributed by atoms with Gasteiger partial charge in [0.25, 0.3) is 0 Å². The normalized spacial score (nSPS) is 10.8. The third-order valence-electron chi connectivity index (χ3n) is 1.29. The molecule has 72 valence electrons. The first-order chi connectivity index (χ1) is 4.68. The van der Waals surface area contributed by atoms with Gasteiger partial charge in [0.2, 0.25) is 0 Å². The molecule has 0 unspecified atom stereocenters. The van der Waals surface area contributed by atoms with Crippen LogP contribution in [0.25, 0.3) is 0 Å². The van der Waals surface area contributed by atoms with Gasteiger partial charge in [0.15, 0.2) is 0 Å². The Kier molecular flexibility index (Phi) is 17.5. The van der Waals surface area contributed by atoms with Crippen molar-refractivity contribution >= 4 is 42.3 Å². The van der Waals surface area contributed by atoms with Crippen molar-refractivity contribution in [3.05, 3.63) is 0 Å². The van der Waals surface area contributed by atoms with E-state index in [1.54, 1.807) is 0 Å². The number of aliphatic carboxylic acids is 1. The quantitative estimate of drug-likeness (QED) is 0.475. The zero-order valence-corrected chi connectivity index (χ0v) is 10.5. The van der Waals surface area contributed by atoms with Gasteiger partial charge in [0, 0.05) is 23.9 Å². The predicted molar refractivity (Wildman–Crippen MR) is 51.5 cm³/mol. The van der Waals surface area contributed by atoms with Crippen LogP contribution >= 0.6 is 12.4 Å². The van der Waals surface area contributed by atoms with Gasteiger partial charge in [-0.1, -0.05) is 6.42 Å². The summed E-state index contributed by atoms with van der Waals surface area (Å²) in [6.45, 7) is 0.604. The largest absolute Gasteiger partial charge is 0.480 e. The Labute approximate surface area is 95.4 Å². The summed E-state index contributed by atoms with van der Waals surface area (Å²) >= 11 is 0. The minimum atomic E-state index is -0.933. The van der Waals surface area contributed by atoms with E-state index in [1.165, 1.54) is 0 Å². The SMILES string of the molecule is Cl.NCCCC[C@H](N)C(=O)O.[Sn]. The summed E-state index contributed by atoms with van der Waals surface area (Å²) < 4.78 is 0. The third-order valence-corrected chi connectivity index (χ3v) is 1.29. The van der Waals surface area contributed by atoms with Crippen LogP contribution in [0, 0.1) is 0 Å². The Bertz CT molecular complexity index is 116. The molecule has 1 atom stereocenters. The second-order valence-corrected chi connectivity index (χ2v) is 2.23. The van der Waals surface area contributed by atoms with Gasteiger partial charge in [-0.15, -0.1) is 12.4 Å². The van der Waals surface area contributed by atoms with Crippen molar-refractivity contribution in [3.8, 4) is 0 Å². The summed E-state index contributed by atoms with van der Waals surface area (Å²) in [4.78, 5) is 10.1. The average Bonchev–Trinajstić information content (AvgIpc) is 1.88. The van der Waals surface area contributed by atoms with Crippen LogP contribution in [-0.2, 0) is 4.79 Å². The monoisotopic (exact) mass is 302 g/mol. The Morgan fingerprint density at radius 3 is 2.25 bits per heavy atom. The number of halogens is 1. The standard InChI is InChI=1S/C6H14N2O2.ClH.Sn/c7-4-2-1-3-5(8)6(9)10;;/h5H,1-4,7-8H2,(H,9,10);1H;/t5-;;/m0../s1. The maximum absolute atomic E-state index is 10.1. The Morgan fingerprint density at radius 1 is 1.42 bits per heavy atom. The topological polar surface area (TPSA) is 89.3 Å².